The van der Waals surface area contributed by atoms with E-state index >= 15 is 0 Å². The molecular formula is C14H26ClN3. The second-order valence-electron chi connectivity index (χ2n) is 5.58. The molecule has 1 rings (SSSR count). The highest BCUT2D eigenvalue weighted by Gasteiger charge is 2.11. The molecule has 0 radical (unpaired) electrons. The largest absolute Gasteiger partial charge is 0.309 e. The Kier molecular flexibility index (Phi) is 6.16. The smallest absolute Gasteiger partial charge is 0.0860 e. The molecule has 1 N–H and O–H groups in total. The molecule has 0 aliphatic rings. The Labute approximate surface area is 116 Å². The van der Waals surface area contributed by atoms with Crippen molar-refractivity contribution in [2.45, 2.75) is 59.5 Å². The van der Waals surface area contributed by atoms with E-state index in [0.717, 1.165) is 28.9 Å². The molecule has 0 aromatic carbocycles. The van der Waals surface area contributed by atoms with Crippen LogP contribution in [-0.4, -0.2) is 15.8 Å². The zero-order valence-electron chi connectivity index (χ0n) is 12.3. The summed E-state index contributed by atoms with van der Waals surface area (Å²) in [6.45, 7) is 9.51. The van der Waals surface area contributed by atoms with Gasteiger partial charge in [0, 0.05) is 19.6 Å². The Bertz CT molecular complexity index is 371. The van der Waals surface area contributed by atoms with Gasteiger partial charge in [0.1, 0.15) is 0 Å². The average Bonchev–Trinajstić information content (AvgIpc) is 2.50. The van der Waals surface area contributed by atoms with Crippen molar-refractivity contribution >= 4 is 11.6 Å². The molecule has 1 atom stereocenters. The number of hydrogen-bond donors (Lipinski definition) is 1. The van der Waals surface area contributed by atoms with E-state index < -0.39 is 0 Å². The number of rotatable bonds is 7. The van der Waals surface area contributed by atoms with Gasteiger partial charge in [0.25, 0.3) is 0 Å². The molecule has 0 spiro atoms. The number of nitrogens with zero attached hydrogens (tertiary/aromatic N) is 2. The zero-order valence-corrected chi connectivity index (χ0v) is 13.0. The van der Waals surface area contributed by atoms with Gasteiger partial charge in [-0.25, -0.2) is 0 Å². The maximum Gasteiger partial charge on any atom is 0.0860 e. The minimum absolute atomic E-state index is 0.523. The fraction of sp³-hybridized carbons (Fsp3) is 0.786. The van der Waals surface area contributed by atoms with Crippen LogP contribution in [0, 0.1) is 12.8 Å². The second kappa shape index (κ2) is 7.15. The molecule has 1 unspecified atom stereocenters. The quantitative estimate of drug-likeness (QED) is 0.820. The highest BCUT2D eigenvalue weighted by molar-refractivity contribution is 6.31. The standard InChI is InChI=1S/C14H26ClN3/c1-10(2)7-6-8-11(3)16-9-13-14(15)12(4)17-18(13)5/h10-11,16H,6-9H2,1-5H3. The lowest BCUT2D eigenvalue weighted by Gasteiger charge is -2.14. The minimum atomic E-state index is 0.523. The van der Waals surface area contributed by atoms with E-state index in [2.05, 4.69) is 31.2 Å². The second-order valence-corrected chi connectivity index (χ2v) is 5.95. The number of hydrogen-bond acceptors (Lipinski definition) is 2. The first-order valence-corrected chi connectivity index (χ1v) is 7.21. The van der Waals surface area contributed by atoms with Gasteiger partial charge in [-0.3, -0.25) is 4.68 Å². The summed E-state index contributed by atoms with van der Waals surface area (Å²) in [6, 6.07) is 0.523. The lowest BCUT2D eigenvalue weighted by Crippen LogP contribution is -2.26. The predicted octanol–water partition coefficient (Wildman–Crippen LogP) is 3.69. The van der Waals surface area contributed by atoms with Gasteiger partial charge >= 0.3 is 0 Å². The molecule has 18 heavy (non-hydrogen) atoms. The normalized spacial score (nSPS) is 13.3. The van der Waals surface area contributed by atoms with Crippen molar-refractivity contribution in [3.05, 3.63) is 16.4 Å². The maximum absolute atomic E-state index is 6.22. The van der Waals surface area contributed by atoms with E-state index in [9.17, 15) is 0 Å². The number of halogens is 1. The summed E-state index contributed by atoms with van der Waals surface area (Å²) in [5.41, 5.74) is 1.98. The molecule has 1 heterocycles. The molecule has 0 aliphatic carbocycles. The fourth-order valence-electron chi connectivity index (χ4n) is 2.08. The summed E-state index contributed by atoms with van der Waals surface area (Å²) in [5.74, 6) is 0.798. The third kappa shape index (κ3) is 4.62. The van der Waals surface area contributed by atoms with E-state index in [1.54, 1.807) is 0 Å². The van der Waals surface area contributed by atoms with Gasteiger partial charge in [-0.05, 0) is 26.2 Å². The highest BCUT2D eigenvalue weighted by Crippen LogP contribution is 2.19. The molecule has 0 fully saturated rings. The summed E-state index contributed by atoms with van der Waals surface area (Å²) >= 11 is 6.22. The first kappa shape index (κ1) is 15.5. The molecule has 0 amide bonds. The fourth-order valence-corrected chi connectivity index (χ4v) is 2.30. The molecule has 0 saturated heterocycles. The van der Waals surface area contributed by atoms with Crippen molar-refractivity contribution in [2.24, 2.45) is 13.0 Å². The van der Waals surface area contributed by atoms with Gasteiger partial charge in [0.2, 0.25) is 0 Å². The maximum atomic E-state index is 6.22. The molecule has 104 valence electrons. The highest BCUT2D eigenvalue weighted by atomic mass is 35.5. The monoisotopic (exact) mass is 271 g/mol. The van der Waals surface area contributed by atoms with E-state index in [1.807, 2.05) is 18.7 Å². The summed E-state index contributed by atoms with van der Waals surface area (Å²) < 4.78 is 1.87. The van der Waals surface area contributed by atoms with Gasteiger partial charge < -0.3 is 5.32 Å². The lowest BCUT2D eigenvalue weighted by atomic mass is 10.0. The van der Waals surface area contributed by atoms with Crippen molar-refractivity contribution in [1.29, 1.82) is 0 Å². The van der Waals surface area contributed by atoms with Crippen LogP contribution in [0.2, 0.25) is 5.02 Å². The van der Waals surface area contributed by atoms with Gasteiger partial charge in [-0.1, -0.05) is 38.3 Å². The van der Waals surface area contributed by atoms with Gasteiger partial charge in [-0.15, -0.1) is 0 Å². The Balaban J connectivity index is 2.36. The summed E-state index contributed by atoms with van der Waals surface area (Å²) in [6.07, 6.45) is 3.80. The van der Waals surface area contributed by atoms with E-state index in [0.29, 0.717) is 6.04 Å². The summed E-state index contributed by atoms with van der Waals surface area (Å²) in [4.78, 5) is 0. The van der Waals surface area contributed by atoms with E-state index in [4.69, 9.17) is 11.6 Å². The van der Waals surface area contributed by atoms with Crippen LogP contribution in [0.4, 0.5) is 0 Å². The molecule has 1 aromatic rings. The van der Waals surface area contributed by atoms with Crippen LogP contribution in [0.1, 0.15) is 51.4 Å². The Morgan fingerprint density at radius 3 is 2.44 bits per heavy atom. The van der Waals surface area contributed by atoms with Crippen LogP contribution < -0.4 is 5.32 Å². The average molecular weight is 272 g/mol. The van der Waals surface area contributed by atoms with E-state index in [1.165, 1.54) is 19.3 Å². The lowest BCUT2D eigenvalue weighted by molar-refractivity contribution is 0.451. The van der Waals surface area contributed by atoms with Crippen molar-refractivity contribution in [2.75, 3.05) is 0 Å². The van der Waals surface area contributed by atoms with Crippen LogP contribution in [0.5, 0.6) is 0 Å². The van der Waals surface area contributed by atoms with Crippen molar-refractivity contribution < 1.29 is 0 Å². The van der Waals surface area contributed by atoms with E-state index in [-0.39, 0.29) is 0 Å². The molecule has 3 nitrogen and oxygen atoms in total. The van der Waals surface area contributed by atoms with Crippen molar-refractivity contribution in [1.82, 2.24) is 15.1 Å². The molecule has 0 bridgehead atoms. The van der Waals surface area contributed by atoms with Gasteiger partial charge in [-0.2, -0.15) is 5.10 Å². The molecule has 0 aliphatic heterocycles. The molecule has 4 heteroatoms. The Morgan fingerprint density at radius 2 is 1.94 bits per heavy atom. The van der Waals surface area contributed by atoms with Crippen LogP contribution in [0.25, 0.3) is 0 Å². The zero-order chi connectivity index (χ0) is 13.7. The van der Waals surface area contributed by atoms with Crippen LogP contribution in [0.3, 0.4) is 0 Å². The minimum Gasteiger partial charge on any atom is -0.309 e. The van der Waals surface area contributed by atoms with Crippen LogP contribution in [-0.2, 0) is 13.6 Å². The van der Waals surface area contributed by atoms with Crippen molar-refractivity contribution in [3.63, 3.8) is 0 Å². The molecular weight excluding hydrogens is 246 g/mol. The topological polar surface area (TPSA) is 29.9 Å². The first-order valence-electron chi connectivity index (χ1n) is 6.83. The Hall–Kier alpha value is -0.540. The van der Waals surface area contributed by atoms with Crippen molar-refractivity contribution in [3.8, 4) is 0 Å². The number of aryl methyl sites for hydroxylation is 2. The van der Waals surface area contributed by atoms with Crippen LogP contribution >= 0.6 is 11.6 Å². The predicted molar refractivity (Wildman–Crippen MR) is 77.9 cm³/mol. The van der Waals surface area contributed by atoms with Gasteiger partial charge in [0.05, 0.1) is 16.4 Å². The third-order valence-electron chi connectivity index (χ3n) is 3.30. The third-order valence-corrected chi connectivity index (χ3v) is 3.79. The molecule has 1 aromatic heterocycles. The SMILES string of the molecule is Cc1nn(C)c(CNC(C)CCCC(C)C)c1Cl. The summed E-state index contributed by atoms with van der Waals surface area (Å²) in [5, 5.41) is 8.63. The van der Waals surface area contributed by atoms with Gasteiger partial charge in [0.15, 0.2) is 0 Å². The molecule has 0 saturated carbocycles. The number of nitrogens with one attached hydrogen (secondary N) is 1. The first-order chi connectivity index (χ1) is 8.41. The summed E-state index contributed by atoms with van der Waals surface area (Å²) in [7, 11) is 1.94. The Morgan fingerprint density at radius 1 is 1.28 bits per heavy atom. The van der Waals surface area contributed by atoms with Crippen LogP contribution in [0.15, 0.2) is 0 Å². The number of aromatic nitrogens is 2.